The number of nitrogens with two attached hydrogens (primary N) is 1. The van der Waals surface area contributed by atoms with Crippen molar-refractivity contribution in [3.05, 3.63) is 12.2 Å². The Balaban J connectivity index is 2.40. The Morgan fingerprint density at radius 3 is 2.65 bits per heavy atom. The van der Waals surface area contributed by atoms with Gasteiger partial charge in [0.25, 0.3) is 0 Å². The Morgan fingerprint density at radius 1 is 1.30 bits per heavy atom. The van der Waals surface area contributed by atoms with Gasteiger partial charge in [-0.2, -0.15) is 0 Å². The zero-order valence-corrected chi connectivity index (χ0v) is 13.9. The van der Waals surface area contributed by atoms with Gasteiger partial charge in [0.2, 0.25) is 5.91 Å². The number of rotatable bonds is 8. The van der Waals surface area contributed by atoms with E-state index in [1.165, 1.54) is 0 Å². The number of likely N-dealkylation sites (N-methyl/N-ethyl adjacent to an activating group) is 1. The van der Waals surface area contributed by atoms with Crippen LogP contribution in [0.3, 0.4) is 0 Å². The molecular formula is C15H27N3O5. The molecule has 4 N–H and O–H groups in total. The van der Waals surface area contributed by atoms with Gasteiger partial charge in [0, 0.05) is 27.3 Å². The molecule has 0 aromatic carbocycles. The largest absolute Gasteiger partial charge is 0.440 e. The highest BCUT2D eigenvalue weighted by Crippen LogP contribution is 2.20. The van der Waals surface area contributed by atoms with E-state index in [0.29, 0.717) is 19.4 Å². The SMILES string of the molecule is CCNC(=O)[C@@H](N)CCNC(=O)OC1C(OC)C=CCC1OC. The van der Waals surface area contributed by atoms with Crippen molar-refractivity contribution in [2.45, 2.75) is 44.1 Å². The molecule has 0 radical (unpaired) electrons. The maximum absolute atomic E-state index is 11.9. The molecule has 0 fully saturated rings. The number of methoxy groups -OCH3 is 2. The molecule has 0 aliphatic heterocycles. The fraction of sp³-hybridized carbons (Fsp3) is 0.733. The molecule has 8 nitrogen and oxygen atoms in total. The number of hydrogen-bond acceptors (Lipinski definition) is 6. The third-order valence-electron chi connectivity index (χ3n) is 3.61. The summed E-state index contributed by atoms with van der Waals surface area (Å²) in [6, 6.07) is -0.661. The van der Waals surface area contributed by atoms with E-state index < -0.39 is 18.2 Å². The van der Waals surface area contributed by atoms with Crippen molar-refractivity contribution in [2.24, 2.45) is 5.73 Å². The van der Waals surface area contributed by atoms with Crippen LogP contribution in [0.15, 0.2) is 12.2 Å². The van der Waals surface area contributed by atoms with E-state index in [1.54, 1.807) is 14.2 Å². The summed E-state index contributed by atoms with van der Waals surface area (Å²) in [5.41, 5.74) is 5.71. The van der Waals surface area contributed by atoms with Gasteiger partial charge in [-0.1, -0.05) is 12.2 Å². The number of amides is 2. The van der Waals surface area contributed by atoms with Crippen molar-refractivity contribution < 1.29 is 23.8 Å². The molecule has 1 aliphatic carbocycles. The highest BCUT2D eigenvalue weighted by molar-refractivity contribution is 5.81. The smallest absolute Gasteiger partial charge is 0.407 e. The van der Waals surface area contributed by atoms with Crippen molar-refractivity contribution in [3.8, 4) is 0 Å². The lowest BCUT2D eigenvalue weighted by atomic mass is 9.98. The minimum absolute atomic E-state index is 0.237. The zero-order chi connectivity index (χ0) is 17.2. The van der Waals surface area contributed by atoms with Gasteiger partial charge in [0.1, 0.15) is 12.2 Å². The second-order valence-corrected chi connectivity index (χ2v) is 5.22. The van der Waals surface area contributed by atoms with Gasteiger partial charge < -0.3 is 30.6 Å². The van der Waals surface area contributed by atoms with Crippen LogP contribution in [0.2, 0.25) is 0 Å². The monoisotopic (exact) mass is 329 g/mol. The van der Waals surface area contributed by atoms with E-state index in [9.17, 15) is 9.59 Å². The van der Waals surface area contributed by atoms with Crippen molar-refractivity contribution in [1.82, 2.24) is 10.6 Å². The summed E-state index contributed by atoms with van der Waals surface area (Å²) in [7, 11) is 3.11. The molecule has 0 heterocycles. The average molecular weight is 329 g/mol. The average Bonchev–Trinajstić information content (AvgIpc) is 2.55. The van der Waals surface area contributed by atoms with Gasteiger partial charge >= 0.3 is 6.09 Å². The number of hydrogen-bond donors (Lipinski definition) is 3. The van der Waals surface area contributed by atoms with Crippen molar-refractivity contribution in [3.63, 3.8) is 0 Å². The molecule has 132 valence electrons. The second kappa shape index (κ2) is 10.2. The minimum Gasteiger partial charge on any atom is -0.440 e. The predicted molar refractivity (Wildman–Crippen MR) is 84.9 cm³/mol. The summed E-state index contributed by atoms with van der Waals surface area (Å²) in [6.45, 7) is 2.58. The molecule has 0 bridgehead atoms. The predicted octanol–water partition coefficient (Wildman–Crippen LogP) is -0.0754. The van der Waals surface area contributed by atoms with Crippen LogP contribution in [0.5, 0.6) is 0 Å². The summed E-state index contributed by atoms with van der Waals surface area (Å²) < 4.78 is 16.0. The quantitative estimate of drug-likeness (QED) is 0.537. The molecule has 0 aromatic rings. The van der Waals surface area contributed by atoms with E-state index in [-0.39, 0.29) is 24.7 Å². The van der Waals surface area contributed by atoms with E-state index in [4.69, 9.17) is 19.9 Å². The van der Waals surface area contributed by atoms with Crippen molar-refractivity contribution in [2.75, 3.05) is 27.3 Å². The Kier molecular flexibility index (Phi) is 8.60. The summed E-state index contributed by atoms with van der Waals surface area (Å²) in [5.74, 6) is -0.237. The molecule has 3 unspecified atom stereocenters. The number of carbonyl (C=O) groups is 2. The first-order valence-electron chi connectivity index (χ1n) is 7.73. The van der Waals surface area contributed by atoms with Crippen LogP contribution >= 0.6 is 0 Å². The summed E-state index contributed by atoms with van der Waals surface area (Å²) >= 11 is 0. The van der Waals surface area contributed by atoms with E-state index in [1.807, 2.05) is 19.1 Å². The number of nitrogens with one attached hydrogen (secondary N) is 2. The molecular weight excluding hydrogens is 302 g/mol. The lowest BCUT2D eigenvalue weighted by Crippen LogP contribution is -2.47. The van der Waals surface area contributed by atoms with Crippen LogP contribution in [-0.2, 0) is 19.0 Å². The standard InChI is InChI=1S/C15H27N3O5/c1-4-17-14(19)10(16)8-9-18-15(20)23-13-11(21-2)6-5-7-12(13)22-3/h5-6,10-13H,4,7-9,16H2,1-3H3,(H,17,19)(H,18,20)/t10-,11?,12?,13?/m0/s1. The lowest BCUT2D eigenvalue weighted by molar-refractivity contribution is -0.122. The molecule has 1 aliphatic rings. The third-order valence-corrected chi connectivity index (χ3v) is 3.61. The molecule has 0 saturated heterocycles. The van der Waals surface area contributed by atoms with Crippen LogP contribution in [0.4, 0.5) is 4.79 Å². The molecule has 0 saturated carbocycles. The summed E-state index contributed by atoms with van der Waals surface area (Å²) in [5, 5.41) is 5.22. The Hall–Kier alpha value is -1.64. The van der Waals surface area contributed by atoms with Gasteiger partial charge in [-0.05, 0) is 19.8 Å². The van der Waals surface area contributed by atoms with Crippen molar-refractivity contribution in [1.29, 1.82) is 0 Å². The minimum atomic E-state index is -0.661. The molecule has 2 amide bonds. The first kappa shape index (κ1) is 19.4. The normalized spacial score (nSPS) is 24.8. The second-order valence-electron chi connectivity index (χ2n) is 5.22. The zero-order valence-electron chi connectivity index (χ0n) is 13.9. The van der Waals surface area contributed by atoms with E-state index in [0.717, 1.165) is 0 Å². The first-order valence-corrected chi connectivity index (χ1v) is 7.73. The van der Waals surface area contributed by atoms with Gasteiger partial charge in [-0.15, -0.1) is 0 Å². The molecule has 0 aromatic heterocycles. The molecule has 8 heteroatoms. The van der Waals surface area contributed by atoms with Gasteiger partial charge in [0.15, 0.2) is 6.10 Å². The molecule has 1 rings (SSSR count). The Labute approximate surface area is 136 Å². The molecule has 0 spiro atoms. The molecule has 4 atom stereocenters. The van der Waals surface area contributed by atoms with Crippen LogP contribution in [0, 0.1) is 0 Å². The topological polar surface area (TPSA) is 112 Å². The first-order chi connectivity index (χ1) is 11.0. The maximum atomic E-state index is 11.9. The van der Waals surface area contributed by atoms with E-state index in [2.05, 4.69) is 10.6 Å². The number of alkyl carbamates (subject to hydrolysis) is 1. The van der Waals surface area contributed by atoms with Crippen LogP contribution in [0.1, 0.15) is 19.8 Å². The Morgan fingerprint density at radius 2 is 2.04 bits per heavy atom. The summed E-state index contributed by atoms with van der Waals surface area (Å²) in [4.78, 5) is 23.4. The third kappa shape index (κ3) is 6.17. The van der Waals surface area contributed by atoms with Gasteiger partial charge in [0.05, 0.1) is 6.04 Å². The van der Waals surface area contributed by atoms with Gasteiger partial charge in [-0.25, -0.2) is 4.79 Å². The van der Waals surface area contributed by atoms with Gasteiger partial charge in [-0.3, -0.25) is 4.79 Å². The Bertz CT molecular complexity index is 416. The van der Waals surface area contributed by atoms with E-state index >= 15 is 0 Å². The number of carbonyl (C=O) groups excluding carboxylic acids is 2. The van der Waals surface area contributed by atoms with Crippen molar-refractivity contribution >= 4 is 12.0 Å². The van der Waals surface area contributed by atoms with Crippen LogP contribution in [-0.4, -0.2) is 63.7 Å². The highest BCUT2D eigenvalue weighted by atomic mass is 16.6. The van der Waals surface area contributed by atoms with Crippen LogP contribution in [0.25, 0.3) is 0 Å². The number of ether oxygens (including phenoxy) is 3. The fourth-order valence-electron chi connectivity index (χ4n) is 2.32. The fourth-order valence-corrected chi connectivity index (χ4v) is 2.32. The highest BCUT2D eigenvalue weighted by Gasteiger charge is 2.34. The van der Waals surface area contributed by atoms with Crippen LogP contribution < -0.4 is 16.4 Å². The summed E-state index contributed by atoms with van der Waals surface area (Å²) in [6.07, 6.45) is 3.04. The maximum Gasteiger partial charge on any atom is 0.407 e. The molecule has 23 heavy (non-hydrogen) atoms. The lowest BCUT2D eigenvalue weighted by Gasteiger charge is -2.32.